The summed E-state index contributed by atoms with van der Waals surface area (Å²) in [4.78, 5) is 1.29. The topological polar surface area (TPSA) is 12.0 Å². The molecule has 0 atom stereocenters. The Hall–Kier alpha value is -0.990. The number of allylic oxidation sites excluding steroid dienone is 1. The van der Waals surface area contributed by atoms with Crippen molar-refractivity contribution in [3.63, 3.8) is 0 Å². The van der Waals surface area contributed by atoms with E-state index in [0.29, 0.717) is 0 Å². The molecule has 0 radical (unpaired) electrons. The minimum atomic E-state index is 0.952. The van der Waals surface area contributed by atoms with Crippen LogP contribution in [0.5, 0.6) is 0 Å². The second-order valence-corrected chi connectivity index (χ2v) is 4.77. The summed E-state index contributed by atoms with van der Waals surface area (Å²) in [5, 5.41) is 5.54. The van der Waals surface area contributed by atoms with Crippen LogP contribution in [0.3, 0.4) is 0 Å². The average Bonchev–Trinajstić information content (AvgIpc) is 2.38. The van der Waals surface area contributed by atoms with Crippen molar-refractivity contribution < 1.29 is 0 Å². The number of hydrogen-bond donors (Lipinski definition) is 1. The van der Waals surface area contributed by atoms with Crippen molar-refractivity contribution in [2.45, 2.75) is 24.2 Å². The van der Waals surface area contributed by atoms with Crippen LogP contribution >= 0.6 is 11.8 Å². The molecule has 0 aliphatic heterocycles. The normalized spacial score (nSPS) is 10.8. The predicted octanol–water partition coefficient (Wildman–Crippen LogP) is 4.24. The maximum absolute atomic E-state index is 3.71. The van der Waals surface area contributed by atoms with Gasteiger partial charge in [-0.25, -0.2) is 0 Å². The predicted molar refractivity (Wildman–Crippen MR) is 78.4 cm³/mol. The minimum Gasteiger partial charge on any atom is -0.313 e. The van der Waals surface area contributed by atoms with Gasteiger partial charge < -0.3 is 5.32 Å². The van der Waals surface area contributed by atoms with E-state index < -0.39 is 0 Å². The van der Waals surface area contributed by atoms with E-state index >= 15 is 0 Å². The van der Waals surface area contributed by atoms with Crippen molar-refractivity contribution >= 4 is 11.8 Å². The van der Waals surface area contributed by atoms with Gasteiger partial charge in [-0.15, -0.1) is 6.58 Å². The summed E-state index contributed by atoms with van der Waals surface area (Å²) < 4.78 is 0. The molecule has 92 valence electrons. The first kappa shape index (κ1) is 14.1. The van der Waals surface area contributed by atoms with Gasteiger partial charge in [0.2, 0.25) is 0 Å². The Morgan fingerprint density at radius 3 is 2.76 bits per heavy atom. The molecule has 0 spiro atoms. The molecule has 1 aromatic rings. The van der Waals surface area contributed by atoms with E-state index in [0.717, 1.165) is 19.5 Å². The number of benzene rings is 1. The second kappa shape index (κ2) is 10.2. The van der Waals surface area contributed by atoms with Gasteiger partial charge in [-0.1, -0.05) is 42.1 Å². The molecule has 0 aromatic heterocycles. The first-order valence-electron chi connectivity index (χ1n) is 6.12. The van der Waals surface area contributed by atoms with Crippen molar-refractivity contribution in [2.24, 2.45) is 0 Å². The van der Waals surface area contributed by atoms with Gasteiger partial charge in [-0.05, 0) is 43.3 Å². The first-order valence-corrected chi connectivity index (χ1v) is 7.00. The molecule has 0 aliphatic carbocycles. The Morgan fingerprint density at radius 2 is 2.00 bits per heavy atom. The van der Waals surface area contributed by atoms with Gasteiger partial charge in [0.15, 0.2) is 0 Å². The lowest BCUT2D eigenvalue weighted by molar-refractivity contribution is 0.661. The number of rotatable bonds is 9. The summed E-state index contributed by atoms with van der Waals surface area (Å²) in [6, 6.07) is 10.4. The zero-order chi connectivity index (χ0) is 12.2. The van der Waals surface area contributed by atoms with Gasteiger partial charge in [-0.2, -0.15) is 0 Å². The Balaban J connectivity index is 1.97. The quantitative estimate of drug-likeness (QED) is 0.398. The number of thioether (sulfide) groups is 1. The highest BCUT2D eigenvalue weighted by Crippen LogP contribution is 2.17. The molecule has 0 aliphatic rings. The molecule has 0 bridgehead atoms. The molecule has 0 heterocycles. The number of nitrogens with one attached hydrogen (secondary N) is 1. The summed E-state index contributed by atoms with van der Waals surface area (Å²) in [7, 11) is 0. The fourth-order valence-electron chi connectivity index (χ4n) is 1.40. The Morgan fingerprint density at radius 1 is 1.18 bits per heavy atom. The van der Waals surface area contributed by atoms with Crippen LogP contribution < -0.4 is 5.32 Å². The molecule has 0 saturated carbocycles. The Kier molecular flexibility index (Phi) is 8.43. The average molecular weight is 247 g/mol. The molecule has 0 saturated heterocycles. The lowest BCUT2D eigenvalue weighted by atomic mass is 10.2. The number of hydrogen-bond acceptors (Lipinski definition) is 2. The molecule has 1 N–H and O–H groups in total. The number of unbranched alkanes of at least 4 members (excludes halogenated alkanes) is 2. The van der Waals surface area contributed by atoms with Crippen LogP contribution in [0.2, 0.25) is 0 Å². The van der Waals surface area contributed by atoms with Crippen LogP contribution in [-0.4, -0.2) is 13.1 Å². The van der Waals surface area contributed by atoms with E-state index in [1.165, 1.54) is 17.7 Å². The molecule has 1 aromatic carbocycles. The largest absolute Gasteiger partial charge is 0.313 e. The van der Waals surface area contributed by atoms with Gasteiger partial charge in [0, 0.05) is 11.4 Å². The third-order valence-electron chi connectivity index (χ3n) is 2.32. The molecular formula is C15H21NS. The first-order chi connectivity index (χ1) is 8.43. The molecule has 1 rings (SSSR count). The molecule has 0 amide bonds. The monoisotopic (exact) mass is 247 g/mol. The molecule has 2 heteroatoms. The van der Waals surface area contributed by atoms with Crippen molar-refractivity contribution in [3.05, 3.63) is 54.5 Å². The summed E-state index contributed by atoms with van der Waals surface area (Å²) >= 11 is 1.76. The van der Waals surface area contributed by atoms with Crippen LogP contribution in [0.4, 0.5) is 0 Å². The van der Waals surface area contributed by atoms with E-state index in [4.69, 9.17) is 0 Å². The lowest BCUT2D eigenvalue weighted by Gasteiger charge is -1.99. The van der Waals surface area contributed by atoms with E-state index in [1.807, 2.05) is 12.1 Å². The minimum absolute atomic E-state index is 0.952. The Bertz CT molecular complexity index is 319. The van der Waals surface area contributed by atoms with Gasteiger partial charge >= 0.3 is 0 Å². The maximum atomic E-state index is 3.71. The lowest BCUT2D eigenvalue weighted by Crippen LogP contribution is -2.14. The zero-order valence-corrected chi connectivity index (χ0v) is 11.1. The highest BCUT2D eigenvalue weighted by atomic mass is 32.2. The molecule has 0 fully saturated rings. The summed E-state index contributed by atoms with van der Waals surface area (Å²) in [5.41, 5.74) is 0. The second-order valence-electron chi connectivity index (χ2n) is 3.79. The highest BCUT2D eigenvalue weighted by Gasteiger charge is 1.87. The van der Waals surface area contributed by atoms with Gasteiger partial charge in [0.05, 0.1) is 0 Å². The third kappa shape index (κ3) is 7.83. The molecule has 0 unspecified atom stereocenters. The summed E-state index contributed by atoms with van der Waals surface area (Å²) in [6.45, 7) is 5.76. The Labute approximate surface area is 109 Å². The van der Waals surface area contributed by atoms with Crippen molar-refractivity contribution in [2.75, 3.05) is 13.1 Å². The van der Waals surface area contributed by atoms with Crippen LogP contribution in [0.15, 0.2) is 59.4 Å². The van der Waals surface area contributed by atoms with Crippen molar-refractivity contribution in [1.82, 2.24) is 5.32 Å². The zero-order valence-electron chi connectivity index (χ0n) is 10.3. The fraction of sp³-hybridized carbons (Fsp3) is 0.333. The van der Waals surface area contributed by atoms with E-state index in [-0.39, 0.29) is 0 Å². The SMILES string of the molecule is C=CCCCCNCC=CSc1ccccc1. The third-order valence-corrected chi connectivity index (χ3v) is 3.19. The van der Waals surface area contributed by atoms with Crippen LogP contribution in [0.25, 0.3) is 0 Å². The van der Waals surface area contributed by atoms with Crippen molar-refractivity contribution in [3.8, 4) is 0 Å². The van der Waals surface area contributed by atoms with Crippen LogP contribution in [-0.2, 0) is 0 Å². The molecular weight excluding hydrogens is 226 g/mol. The van der Waals surface area contributed by atoms with E-state index in [1.54, 1.807) is 11.8 Å². The maximum Gasteiger partial charge on any atom is 0.0143 e. The van der Waals surface area contributed by atoms with Gasteiger partial charge in [-0.3, -0.25) is 0 Å². The fourth-order valence-corrected chi connectivity index (χ4v) is 2.06. The van der Waals surface area contributed by atoms with Gasteiger partial charge in [0.1, 0.15) is 0 Å². The summed E-state index contributed by atoms with van der Waals surface area (Å²) in [6.07, 6.45) is 7.74. The van der Waals surface area contributed by atoms with Crippen molar-refractivity contribution in [1.29, 1.82) is 0 Å². The van der Waals surface area contributed by atoms with E-state index in [2.05, 4.69) is 47.6 Å². The smallest absolute Gasteiger partial charge is 0.0143 e. The van der Waals surface area contributed by atoms with Crippen LogP contribution in [0, 0.1) is 0 Å². The van der Waals surface area contributed by atoms with E-state index in [9.17, 15) is 0 Å². The summed E-state index contributed by atoms with van der Waals surface area (Å²) in [5.74, 6) is 0. The molecule has 17 heavy (non-hydrogen) atoms. The standard InChI is InChI=1S/C15H21NS/c1-2-3-4-8-12-16-13-9-14-17-15-10-6-5-7-11-15/h2,5-7,9-11,14,16H,1,3-4,8,12-13H2. The van der Waals surface area contributed by atoms with Gasteiger partial charge in [0.25, 0.3) is 0 Å². The highest BCUT2D eigenvalue weighted by molar-refractivity contribution is 8.02. The molecule has 1 nitrogen and oxygen atoms in total. The van der Waals surface area contributed by atoms with Crippen LogP contribution in [0.1, 0.15) is 19.3 Å².